The molecule has 0 radical (unpaired) electrons. The van der Waals surface area contributed by atoms with Gasteiger partial charge in [-0.1, -0.05) is 18.2 Å². The molecule has 0 aromatic heterocycles. The summed E-state index contributed by atoms with van der Waals surface area (Å²) in [6.07, 6.45) is 2.86. The van der Waals surface area contributed by atoms with Crippen LogP contribution in [-0.4, -0.2) is 27.3 Å². The van der Waals surface area contributed by atoms with Gasteiger partial charge in [-0.05, 0) is 18.2 Å². The van der Waals surface area contributed by atoms with Crippen LogP contribution in [0, 0.1) is 11.3 Å². The average molecular weight is 353 g/mol. The van der Waals surface area contributed by atoms with Gasteiger partial charge in [0, 0.05) is 23.3 Å². The van der Waals surface area contributed by atoms with Crippen LogP contribution in [-0.2, 0) is 16.1 Å². The van der Waals surface area contributed by atoms with Crippen LogP contribution < -0.4 is 14.2 Å². The second-order valence-electron chi connectivity index (χ2n) is 5.16. The number of nitriles is 1. The number of nitrogens with zero attached hydrogens (tertiary/aromatic N) is 1. The summed E-state index contributed by atoms with van der Waals surface area (Å²) in [7, 11) is 4.58. The van der Waals surface area contributed by atoms with Crippen LogP contribution in [0.3, 0.4) is 0 Å². The Bertz CT molecular complexity index is 852. The van der Waals surface area contributed by atoms with Gasteiger partial charge in [0.1, 0.15) is 12.4 Å². The van der Waals surface area contributed by atoms with Crippen molar-refractivity contribution in [2.45, 2.75) is 6.61 Å². The fourth-order valence-corrected chi connectivity index (χ4v) is 2.29. The van der Waals surface area contributed by atoms with Crippen molar-refractivity contribution in [2.24, 2.45) is 0 Å². The van der Waals surface area contributed by atoms with E-state index in [1.165, 1.54) is 27.4 Å². The zero-order valence-electron chi connectivity index (χ0n) is 14.8. The highest BCUT2D eigenvalue weighted by atomic mass is 16.5. The SMILES string of the molecule is COc1cc(OC)c(OC)cc1/C=C/C(=O)OCc1ccccc1C#N. The molecule has 0 amide bonds. The maximum Gasteiger partial charge on any atom is 0.331 e. The topological polar surface area (TPSA) is 77.8 Å². The van der Waals surface area contributed by atoms with Crippen LogP contribution in [0.25, 0.3) is 6.08 Å². The zero-order chi connectivity index (χ0) is 18.9. The summed E-state index contributed by atoms with van der Waals surface area (Å²) in [6, 6.07) is 12.4. The van der Waals surface area contributed by atoms with E-state index in [1.807, 2.05) is 0 Å². The number of hydrogen-bond donors (Lipinski definition) is 0. The Labute approximate surface area is 152 Å². The zero-order valence-corrected chi connectivity index (χ0v) is 14.8. The van der Waals surface area contributed by atoms with E-state index in [0.29, 0.717) is 33.9 Å². The third-order valence-electron chi connectivity index (χ3n) is 3.64. The Morgan fingerprint density at radius 3 is 2.35 bits per heavy atom. The van der Waals surface area contributed by atoms with Crippen LogP contribution in [0.4, 0.5) is 0 Å². The molecule has 0 spiro atoms. The highest BCUT2D eigenvalue weighted by molar-refractivity contribution is 5.87. The van der Waals surface area contributed by atoms with Crippen molar-refractivity contribution in [1.29, 1.82) is 5.26 Å². The van der Waals surface area contributed by atoms with Gasteiger partial charge in [0.25, 0.3) is 0 Å². The van der Waals surface area contributed by atoms with Crippen LogP contribution in [0.5, 0.6) is 17.2 Å². The molecule has 0 aliphatic carbocycles. The summed E-state index contributed by atoms with van der Waals surface area (Å²) in [5, 5.41) is 9.05. The smallest absolute Gasteiger partial charge is 0.331 e. The van der Waals surface area contributed by atoms with E-state index in [2.05, 4.69) is 6.07 Å². The standard InChI is InChI=1S/C20H19NO5/c1-23-17-11-19(25-3)18(24-2)10-14(17)8-9-20(22)26-13-16-7-5-4-6-15(16)12-21/h4-11H,13H2,1-3H3/b9-8+. The summed E-state index contributed by atoms with van der Waals surface area (Å²) >= 11 is 0. The van der Waals surface area contributed by atoms with Gasteiger partial charge >= 0.3 is 5.97 Å². The Balaban J connectivity index is 2.11. The quantitative estimate of drug-likeness (QED) is 0.561. The third kappa shape index (κ3) is 4.54. The molecule has 6 nitrogen and oxygen atoms in total. The van der Waals surface area contributed by atoms with Gasteiger partial charge in [-0.3, -0.25) is 0 Å². The molecule has 2 rings (SSSR count). The van der Waals surface area contributed by atoms with E-state index in [0.717, 1.165) is 0 Å². The number of benzene rings is 2. The third-order valence-corrected chi connectivity index (χ3v) is 3.64. The van der Waals surface area contributed by atoms with Gasteiger partial charge < -0.3 is 18.9 Å². The molecule has 2 aromatic rings. The molecule has 0 aliphatic rings. The van der Waals surface area contributed by atoms with E-state index in [-0.39, 0.29) is 6.61 Å². The van der Waals surface area contributed by atoms with Crippen molar-refractivity contribution in [3.8, 4) is 23.3 Å². The largest absolute Gasteiger partial charge is 0.496 e. The second-order valence-corrected chi connectivity index (χ2v) is 5.16. The Morgan fingerprint density at radius 2 is 1.69 bits per heavy atom. The predicted molar refractivity (Wildman–Crippen MR) is 96.1 cm³/mol. The highest BCUT2D eigenvalue weighted by Crippen LogP contribution is 2.35. The molecule has 0 heterocycles. The summed E-state index contributed by atoms with van der Waals surface area (Å²) in [5.41, 5.74) is 1.77. The van der Waals surface area contributed by atoms with Crippen LogP contribution in [0.15, 0.2) is 42.5 Å². The lowest BCUT2D eigenvalue weighted by molar-refractivity contribution is -0.138. The molecule has 2 aromatic carbocycles. The summed E-state index contributed by atoms with van der Waals surface area (Å²) < 4.78 is 21.0. The molecule has 0 aliphatic heterocycles. The van der Waals surface area contributed by atoms with E-state index in [1.54, 1.807) is 42.5 Å². The predicted octanol–water partition coefficient (Wildman–Crippen LogP) is 3.34. The van der Waals surface area contributed by atoms with Gasteiger partial charge in [0.15, 0.2) is 11.5 Å². The normalized spacial score (nSPS) is 10.2. The van der Waals surface area contributed by atoms with E-state index in [9.17, 15) is 4.79 Å². The van der Waals surface area contributed by atoms with Crippen LogP contribution in [0.1, 0.15) is 16.7 Å². The molecule has 0 atom stereocenters. The molecule has 0 saturated heterocycles. The Kier molecular flexibility index (Phi) is 6.63. The number of ether oxygens (including phenoxy) is 4. The van der Waals surface area contributed by atoms with Crippen LogP contribution >= 0.6 is 0 Å². The van der Waals surface area contributed by atoms with Gasteiger partial charge in [0.05, 0.1) is 33.0 Å². The number of carbonyl (C=O) groups excluding carboxylic acids is 1. The Morgan fingerprint density at radius 1 is 1.04 bits per heavy atom. The highest BCUT2D eigenvalue weighted by Gasteiger charge is 2.10. The molecule has 26 heavy (non-hydrogen) atoms. The summed E-state index contributed by atoms with van der Waals surface area (Å²) in [4.78, 5) is 12.0. The lowest BCUT2D eigenvalue weighted by Gasteiger charge is -2.12. The van der Waals surface area contributed by atoms with Crippen LogP contribution in [0.2, 0.25) is 0 Å². The average Bonchev–Trinajstić information content (AvgIpc) is 2.69. The molecule has 0 fully saturated rings. The monoisotopic (exact) mass is 353 g/mol. The Hall–Kier alpha value is -3.46. The molecule has 0 N–H and O–H groups in total. The minimum Gasteiger partial charge on any atom is -0.496 e. The first kappa shape index (κ1) is 18.9. The molecule has 134 valence electrons. The first-order chi connectivity index (χ1) is 12.6. The van der Waals surface area contributed by atoms with Gasteiger partial charge in [0.2, 0.25) is 0 Å². The summed E-state index contributed by atoms with van der Waals surface area (Å²) in [5.74, 6) is 1.04. The first-order valence-electron chi connectivity index (χ1n) is 7.75. The van der Waals surface area contributed by atoms with E-state index >= 15 is 0 Å². The summed E-state index contributed by atoms with van der Waals surface area (Å²) in [6.45, 7) is 0.0238. The lowest BCUT2D eigenvalue weighted by Crippen LogP contribution is -2.02. The van der Waals surface area contributed by atoms with Gasteiger partial charge in [-0.2, -0.15) is 5.26 Å². The van der Waals surface area contributed by atoms with Crippen molar-refractivity contribution >= 4 is 12.0 Å². The minimum absolute atomic E-state index is 0.0238. The van der Waals surface area contributed by atoms with Gasteiger partial charge in [-0.25, -0.2) is 4.79 Å². The maximum absolute atomic E-state index is 12.0. The number of hydrogen-bond acceptors (Lipinski definition) is 6. The molecule has 0 bridgehead atoms. The fourth-order valence-electron chi connectivity index (χ4n) is 2.29. The second kappa shape index (κ2) is 9.14. The molecule has 6 heteroatoms. The first-order valence-corrected chi connectivity index (χ1v) is 7.75. The minimum atomic E-state index is -0.533. The van der Waals surface area contributed by atoms with Crippen molar-refractivity contribution in [3.05, 3.63) is 59.2 Å². The fraction of sp³-hybridized carbons (Fsp3) is 0.200. The van der Waals surface area contributed by atoms with Gasteiger partial charge in [-0.15, -0.1) is 0 Å². The molecular weight excluding hydrogens is 334 g/mol. The van der Waals surface area contributed by atoms with Crippen molar-refractivity contribution in [3.63, 3.8) is 0 Å². The van der Waals surface area contributed by atoms with Crippen molar-refractivity contribution in [1.82, 2.24) is 0 Å². The van der Waals surface area contributed by atoms with Crippen molar-refractivity contribution < 1.29 is 23.7 Å². The number of carbonyl (C=O) groups is 1. The number of methoxy groups -OCH3 is 3. The molecule has 0 unspecified atom stereocenters. The number of esters is 1. The maximum atomic E-state index is 12.0. The van der Waals surface area contributed by atoms with E-state index in [4.69, 9.17) is 24.2 Å². The lowest BCUT2D eigenvalue weighted by atomic mass is 10.1. The molecular formula is C20H19NO5. The number of rotatable bonds is 7. The molecule has 0 saturated carbocycles. The van der Waals surface area contributed by atoms with Crippen molar-refractivity contribution in [2.75, 3.05) is 21.3 Å². The van der Waals surface area contributed by atoms with E-state index < -0.39 is 5.97 Å².